The molecule has 0 unspecified atom stereocenters. The number of piperidine rings is 1. The SMILES string of the molecule is N=C(N)c1ccc(O/N=C2\CC[C@@]3(O)[C@H]4Cc5ccc(O)c6c5[C@@]3(CCN4CC3CC3)[C@H]2O6)cc1. The van der Waals surface area contributed by atoms with Crippen LogP contribution in [0.3, 0.4) is 0 Å². The molecule has 0 amide bonds. The van der Waals surface area contributed by atoms with Crippen LogP contribution < -0.4 is 15.3 Å². The van der Waals surface area contributed by atoms with Crippen LogP contribution in [0.4, 0.5) is 0 Å². The quantitative estimate of drug-likeness (QED) is 0.300. The van der Waals surface area contributed by atoms with Crippen molar-refractivity contribution in [3.8, 4) is 17.2 Å². The lowest BCUT2D eigenvalue weighted by Gasteiger charge is -2.63. The predicted octanol–water partition coefficient (Wildman–Crippen LogP) is 2.68. The van der Waals surface area contributed by atoms with Crippen molar-refractivity contribution >= 4 is 11.5 Å². The summed E-state index contributed by atoms with van der Waals surface area (Å²) >= 11 is 0. The number of ether oxygens (including phenoxy) is 1. The fourth-order valence-electron chi connectivity index (χ4n) is 7.18. The Balaban J connectivity index is 1.28. The number of hydrogen-bond donors (Lipinski definition) is 4. The van der Waals surface area contributed by atoms with Crippen molar-refractivity contribution in [3.63, 3.8) is 0 Å². The van der Waals surface area contributed by atoms with Gasteiger partial charge in [0.15, 0.2) is 23.4 Å². The number of hydrogen-bond acceptors (Lipinski definition) is 7. The van der Waals surface area contributed by atoms with Crippen LogP contribution in [0.15, 0.2) is 41.6 Å². The molecule has 2 saturated carbocycles. The summed E-state index contributed by atoms with van der Waals surface area (Å²) in [6, 6.07) is 10.7. The normalized spacial score (nSPS) is 33.8. The Bertz CT molecular complexity index is 1260. The fourth-order valence-corrected chi connectivity index (χ4v) is 7.18. The molecule has 1 spiro atoms. The van der Waals surface area contributed by atoms with Crippen LogP contribution in [0.2, 0.25) is 0 Å². The molecule has 0 radical (unpaired) electrons. The largest absolute Gasteiger partial charge is 0.504 e. The molecule has 2 aliphatic heterocycles. The third-order valence-corrected chi connectivity index (χ3v) is 9.01. The molecule has 8 nitrogen and oxygen atoms in total. The molecule has 5 N–H and O–H groups in total. The molecule has 7 rings (SSSR count). The first-order valence-electron chi connectivity index (χ1n) is 12.6. The summed E-state index contributed by atoms with van der Waals surface area (Å²) in [6.07, 6.45) is 4.77. The summed E-state index contributed by atoms with van der Waals surface area (Å²) in [7, 11) is 0. The van der Waals surface area contributed by atoms with Crippen molar-refractivity contribution in [1.29, 1.82) is 5.41 Å². The highest BCUT2D eigenvalue weighted by atomic mass is 16.6. The Morgan fingerprint density at radius 2 is 2.00 bits per heavy atom. The average molecular weight is 475 g/mol. The lowest BCUT2D eigenvalue weighted by Crippen LogP contribution is -2.76. The number of nitrogens with one attached hydrogen (secondary N) is 1. The van der Waals surface area contributed by atoms with Gasteiger partial charge in [-0.05, 0) is 86.9 Å². The Morgan fingerprint density at radius 3 is 2.74 bits per heavy atom. The van der Waals surface area contributed by atoms with E-state index >= 15 is 0 Å². The van der Waals surface area contributed by atoms with Gasteiger partial charge in [0.2, 0.25) is 0 Å². The molecule has 2 aromatic rings. The lowest BCUT2D eigenvalue weighted by molar-refractivity contribution is -0.167. The van der Waals surface area contributed by atoms with Crippen LogP contribution in [0.25, 0.3) is 0 Å². The monoisotopic (exact) mass is 474 g/mol. The van der Waals surface area contributed by atoms with Crippen LogP contribution in [-0.2, 0) is 11.8 Å². The van der Waals surface area contributed by atoms with E-state index in [0.717, 1.165) is 48.7 Å². The number of oxime groups is 1. The molecule has 2 heterocycles. The highest BCUT2D eigenvalue weighted by Crippen LogP contribution is 2.65. The third-order valence-electron chi connectivity index (χ3n) is 9.01. The van der Waals surface area contributed by atoms with Crippen molar-refractivity contribution < 1.29 is 19.8 Å². The molecule has 8 heteroatoms. The molecule has 0 aromatic heterocycles. The summed E-state index contributed by atoms with van der Waals surface area (Å²) in [4.78, 5) is 8.31. The second kappa shape index (κ2) is 7.21. The topological polar surface area (TPSA) is 124 Å². The molecule has 3 fully saturated rings. The minimum Gasteiger partial charge on any atom is -0.504 e. The van der Waals surface area contributed by atoms with E-state index in [4.69, 9.17) is 20.7 Å². The van der Waals surface area contributed by atoms with E-state index in [1.807, 2.05) is 6.07 Å². The minimum absolute atomic E-state index is 0.00106. The Labute approximate surface area is 203 Å². The van der Waals surface area contributed by atoms with Crippen molar-refractivity contribution in [2.24, 2.45) is 16.8 Å². The van der Waals surface area contributed by atoms with Gasteiger partial charge in [0.1, 0.15) is 5.84 Å². The maximum absolute atomic E-state index is 12.5. The summed E-state index contributed by atoms with van der Waals surface area (Å²) in [5.41, 5.74) is 7.48. The van der Waals surface area contributed by atoms with E-state index in [2.05, 4.69) is 10.1 Å². The van der Waals surface area contributed by atoms with Gasteiger partial charge in [-0.15, -0.1) is 0 Å². The first-order chi connectivity index (χ1) is 16.9. The zero-order valence-corrected chi connectivity index (χ0v) is 19.5. The van der Waals surface area contributed by atoms with E-state index in [1.54, 1.807) is 30.3 Å². The Hall–Kier alpha value is -3.10. The maximum atomic E-state index is 12.5. The molecule has 2 aromatic carbocycles. The van der Waals surface area contributed by atoms with Crippen LogP contribution in [0.5, 0.6) is 17.2 Å². The second-order valence-corrected chi connectivity index (χ2v) is 10.9. The number of nitrogens with two attached hydrogens (primary N) is 1. The van der Waals surface area contributed by atoms with Gasteiger partial charge in [0.25, 0.3) is 0 Å². The van der Waals surface area contributed by atoms with Gasteiger partial charge >= 0.3 is 0 Å². The molecule has 1 saturated heterocycles. The molecular weight excluding hydrogens is 444 g/mol. The number of nitrogens with zero attached hydrogens (tertiary/aromatic N) is 2. The van der Waals surface area contributed by atoms with Crippen LogP contribution >= 0.6 is 0 Å². The van der Waals surface area contributed by atoms with Crippen LogP contribution in [0, 0.1) is 11.3 Å². The highest BCUT2D eigenvalue weighted by Gasteiger charge is 2.72. The maximum Gasteiger partial charge on any atom is 0.166 e. The number of phenolic OH excluding ortho intramolecular Hbond substituents is 1. The zero-order valence-electron chi connectivity index (χ0n) is 19.5. The molecule has 5 aliphatic rings. The third kappa shape index (κ3) is 2.87. The molecule has 3 aliphatic carbocycles. The summed E-state index contributed by atoms with van der Waals surface area (Å²) < 4.78 is 6.47. The van der Waals surface area contributed by atoms with E-state index in [-0.39, 0.29) is 17.6 Å². The van der Waals surface area contributed by atoms with E-state index in [1.165, 1.54) is 12.8 Å². The number of aliphatic hydroxyl groups is 1. The van der Waals surface area contributed by atoms with Gasteiger partial charge in [-0.25, -0.2) is 0 Å². The van der Waals surface area contributed by atoms with E-state index < -0.39 is 17.1 Å². The number of nitrogen functional groups attached to an aromatic ring is 1. The fraction of sp³-hybridized carbons (Fsp3) is 0.481. The van der Waals surface area contributed by atoms with Crippen LogP contribution in [-0.4, -0.2) is 57.5 Å². The molecule has 4 atom stereocenters. The van der Waals surface area contributed by atoms with Crippen molar-refractivity contribution in [1.82, 2.24) is 4.90 Å². The Morgan fingerprint density at radius 1 is 1.20 bits per heavy atom. The molecular formula is C27H30N4O4. The second-order valence-electron chi connectivity index (χ2n) is 10.9. The summed E-state index contributed by atoms with van der Waals surface area (Å²) in [6.45, 7) is 1.95. The summed E-state index contributed by atoms with van der Waals surface area (Å²) in [5.74, 6) is 1.92. The smallest absolute Gasteiger partial charge is 0.166 e. The van der Waals surface area contributed by atoms with Crippen LogP contribution in [0.1, 0.15) is 48.8 Å². The average Bonchev–Trinajstić information content (AvgIpc) is 3.59. The number of phenols is 1. The van der Waals surface area contributed by atoms with Gasteiger partial charge in [-0.2, -0.15) is 0 Å². The predicted molar refractivity (Wildman–Crippen MR) is 130 cm³/mol. The number of rotatable bonds is 5. The Kier molecular flexibility index (Phi) is 4.37. The van der Waals surface area contributed by atoms with Gasteiger partial charge in [0, 0.05) is 23.7 Å². The number of aromatic hydroxyl groups is 1. The van der Waals surface area contributed by atoms with E-state index in [0.29, 0.717) is 29.9 Å². The standard InChI is InChI=1S/C27H30N4O4/c28-25(29)16-3-6-18(7-4-16)35-30-19-9-10-27(33)21-13-17-5-8-20(32)23-22(17)26(27,24(19)34-23)11-12-31(21)14-15-1-2-15/h3-8,15,21,24,32-33H,1-2,9-14H2,(H3,28,29)/b30-19+/t21-,24+,26+,27-/m1/s1. The van der Waals surface area contributed by atoms with Crippen molar-refractivity contribution in [2.45, 2.75) is 61.7 Å². The van der Waals surface area contributed by atoms with Gasteiger partial charge in [-0.3, -0.25) is 10.3 Å². The van der Waals surface area contributed by atoms with Gasteiger partial charge in [0.05, 0.1) is 16.7 Å². The molecule has 35 heavy (non-hydrogen) atoms. The highest BCUT2D eigenvalue weighted by molar-refractivity contribution is 5.95. The summed E-state index contributed by atoms with van der Waals surface area (Å²) in [5, 5.41) is 35.3. The first-order valence-corrected chi connectivity index (χ1v) is 12.6. The lowest BCUT2D eigenvalue weighted by atomic mass is 9.49. The molecule has 182 valence electrons. The number of benzene rings is 2. The molecule has 2 bridgehead atoms. The van der Waals surface area contributed by atoms with Gasteiger partial charge < -0.3 is 25.5 Å². The van der Waals surface area contributed by atoms with Crippen molar-refractivity contribution in [2.75, 3.05) is 13.1 Å². The number of likely N-dealkylation sites (tertiary alicyclic amines) is 1. The minimum atomic E-state index is -0.945. The zero-order chi connectivity index (χ0) is 23.9. The number of amidine groups is 1. The van der Waals surface area contributed by atoms with Crippen molar-refractivity contribution in [3.05, 3.63) is 53.1 Å². The van der Waals surface area contributed by atoms with E-state index in [9.17, 15) is 10.2 Å². The van der Waals surface area contributed by atoms with Gasteiger partial charge in [-0.1, -0.05) is 11.2 Å². The first kappa shape index (κ1) is 21.2.